The standard InChI is InChI=1S/C19H26N6O2S2.HI/c1-3-21-19(23-13-15-9-10-18(28-15)29(20,26)27)22-11-6-12-25-14(2)24-16-7-4-5-8-17(16)25;/h4-5,7-10H,3,6,11-13H2,1-2H3,(H2,20,26,27)(H2,21,22,23);1H. The van der Waals surface area contributed by atoms with Gasteiger partial charge in [-0.3, -0.25) is 0 Å². The highest BCUT2D eigenvalue weighted by Crippen LogP contribution is 2.20. The fraction of sp³-hybridized carbons (Fsp3) is 0.368. The zero-order valence-corrected chi connectivity index (χ0v) is 20.9. The van der Waals surface area contributed by atoms with Crippen LogP contribution in [0.25, 0.3) is 11.0 Å². The molecule has 1 aromatic carbocycles. The molecule has 0 bridgehead atoms. The second-order valence-corrected chi connectivity index (χ2v) is 9.50. The fourth-order valence-electron chi connectivity index (χ4n) is 3.02. The Labute approximate surface area is 198 Å². The second-order valence-electron chi connectivity index (χ2n) is 6.54. The van der Waals surface area contributed by atoms with Gasteiger partial charge in [-0.15, -0.1) is 35.3 Å². The Balaban J connectivity index is 0.00000320. The molecule has 0 unspecified atom stereocenters. The lowest BCUT2D eigenvalue weighted by Gasteiger charge is -2.12. The molecule has 0 fully saturated rings. The molecule has 0 aliphatic heterocycles. The number of fused-ring (bicyclic) bond motifs is 1. The normalized spacial score (nSPS) is 12.0. The number of guanidine groups is 1. The maximum absolute atomic E-state index is 11.4. The van der Waals surface area contributed by atoms with Crippen molar-refractivity contribution < 1.29 is 8.42 Å². The number of nitrogens with one attached hydrogen (secondary N) is 2. The zero-order chi connectivity index (χ0) is 20.9. The molecule has 0 amide bonds. The van der Waals surface area contributed by atoms with E-state index in [2.05, 4.69) is 31.2 Å². The van der Waals surface area contributed by atoms with Crippen LogP contribution >= 0.6 is 35.3 Å². The third-order valence-electron chi connectivity index (χ3n) is 4.35. The quantitative estimate of drug-likeness (QED) is 0.169. The van der Waals surface area contributed by atoms with E-state index in [1.165, 1.54) is 6.07 Å². The van der Waals surface area contributed by atoms with E-state index >= 15 is 0 Å². The van der Waals surface area contributed by atoms with E-state index in [0.29, 0.717) is 12.5 Å². The summed E-state index contributed by atoms with van der Waals surface area (Å²) in [5, 5.41) is 11.7. The monoisotopic (exact) mass is 562 g/mol. The van der Waals surface area contributed by atoms with E-state index in [9.17, 15) is 8.42 Å². The second kappa shape index (κ2) is 11.1. The van der Waals surface area contributed by atoms with Gasteiger partial charge in [-0.1, -0.05) is 12.1 Å². The largest absolute Gasteiger partial charge is 0.357 e. The summed E-state index contributed by atoms with van der Waals surface area (Å²) in [5.41, 5.74) is 2.16. The average molecular weight is 563 g/mol. The number of aryl methyl sites for hydroxylation is 2. The van der Waals surface area contributed by atoms with Gasteiger partial charge in [0, 0.05) is 24.5 Å². The Morgan fingerprint density at radius 2 is 2.00 bits per heavy atom. The van der Waals surface area contributed by atoms with Crippen LogP contribution in [0.4, 0.5) is 0 Å². The lowest BCUT2D eigenvalue weighted by Crippen LogP contribution is -2.38. The molecule has 0 radical (unpaired) electrons. The van der Waals surface area contributed by atoms with Gasteiger partial charge >= 0.3 is 0 Å². The number of thiophene rings is 1. The molecule has 8 nitrogen and oxygen atoms in total. The Kier molecular flexibility index (Phi) is 9.07. The molecule has 0 aliphatic carbocycles. The van der Waals surface area contributed by atoms with Crippen molar-refractivity contribution in [3.8, 4) is 0 Å². The first-order valence-corrected chi connectivity index (χ1v) is 11.8. The molecule has 3 rings (SSSR count). The van der Waals surface area contributed by atoms with Crippen LogP contribution in [0.1, 0.15) is 24.0 Å². The summed E-state index contributed by atoms with van der Waals surface area (Å²) >= 11 is 1.14. The molecule has 2 aromatic heterocycles. The first-order chi connectivity index (χ1) is 13.9. The number of hydrogen-bond acceptors (Lipinski definition) is 5. The number of para-hydroxylation sites is 2. The van der Waals surface area contributed by atoms with E-state index in [-0.39, 0.29) is 28.2 Å². The topological polar surface area (TPSA) is 114 Å². The average Bonchev–Trinajstić information content (AvgIpc) is 3.27. The number of aromatic nitrogens is 2. The fourth-order valence-corrected chi connectivity index (χ4v) is 4.72. The Bertz CT molecular complexity index is 1110. The lowest BCUT2D eigenvalue weighted by molar-refractivity contribution is 0.600. The van der Waals surface area contributed by atoms with Gasteiger partial charge in [0.1, 0.15) is 10.0 Å². The van der Waals surface area contributed by atoms with Crippen LogP contribution in [-0.2, 0) is 23.1 Å². The molecule has 2 heterocycles. The number of hydrogen-bond donors (Lipinski definition) is 3. The molecule has 0 saturated carbocycles. The van der Waals surface area contributed by atoms with Crippen LogP contribution in [0.5, 0.6) is 0 Å². The molecular weight excluding hydrogens is 535 g/mol. The van der Waals surface area contributed by atoms with Crippen molar-refractivity contribution in [2.45, 2.75) is 37.6 Å². The minimum absolute atomic E-state index is 0. The van der Waals surface area contributed by atoms with Crippen LogP contribution in [0, 0.1) is 6.92 Å². The van der Waals surface area contributed by atoms with Crippen LogP contribution in [0.15, 0.2) is 45.6 Å². The predicted molar refractivity (Wildman–Crippen MR) is 133 cm³/mol. The van der Waals surface area contributed by atoms with Crippen molar-refractivity contribution in [2.24, 2.45) is 10.1 Å². The first kappa shape index (κ1) is 24.6. The summed E-state index contributed by atoms with van der Waals surface area (Å²) in [5.74, 6) is 1.71. The predicted octanol–water partition coefficient (Wildman–Crippen LogP) is 2.82. The molecule has 3 aromatic rings. The van der Waals surface area contributed by atoms with Crippen molar-refractivity contribution >= 4 is 62.3 Å². The summed E-state index contributed by atoms with van der Waals surface area (Å²) in [6.45, 7) is 6.77. The molecule has 0 aliphatic rings. The van der Waals surface area contributed by atoms with Crippen molar-refractivity contribution in [2.75, 3.05) is 13.1 Å². The van der Waals surface area contributed by atoms with Crippen LogP contribution in [-0.4, -0.2) is 37.0 Å². The lowest BCUT2D eigenvalue weighted by atomic mass is 10.3. The SMILES string of the molecule is CCNC(=NCc1ccc(S(N)(=O)=O)s1)NCCCn1c(C)nc2ccccc21.I. The minimum Gasteiger partial charge on any atom is -0.357 e. The van der Waals surface area contributed by atoms with Crippen molar-refractivity contribution in [3.63, 3.8) is 0 Å². The number of nitrogens with zero attached hydrogens (tertiary/aromatic N) is 3. The third-order valence-corrected chi connectivity index (χ3v) is 6.86. The van der Waals surface area contributed by atoms with Crippen LogP contribution in [0.3, 0.4) is 0 Å². The van der Waals surface area contributed by atoms with Gasteiger partial charge in [0.15, 0.2) is 5.96 Å². The summed E-state index contributed by atoms with van der Waals surface area (Å²) in [7, 11) is -3.66. The Morgan fingerprint density at radius 1 is 1.23 bits per heavy atom. The zero-order valence-electron chi connectivity index (χ0n) is 17.0. The molecule has 11 heteroatoms. The maximum Gasteiger partial charge on any atom is 0.247 e. The summed E-state index contributed by atoms with van der Waals surface area (Å²) in [6, 6.07) is 11.4. The smallest absolute Gasteiger partial charge is 0.247 e. The van der Waals surface area contributed by atoms with E-state index in [1.807, 2.05) is 32.0 Å². The van der Waals surface area contributed by atoms with Crippen molar-refractivity contribution in [3.05, 3.63) is 47.1 Å². The van der Waals surface area contributed by atoms with E-state index in [1.54, 1.807) is 6.07 Å². The molecule has 0 spiro atoms. The van der Waals surface area contributed by atoms with Gasteiger partial charge < -0.3 is 15.2 Å². The number of sulfonamides is 1. The van der Waals surface area contributed by atoms with Crippen molar-refractivity contribution in [1.29, 1.82) is 0 Å². The van der Waals surface area contributed by atoms with Crippen LogP contribution < -0.4 is 15.8 Å². The first-order valence-electron chi connectivity index (χ1n) is 9.44. The summed E-state index contributed by atoms with van der Waals surface area (Å²) in [6.07, 6.45) is 0.917. The number of primary sulfonamides is 1. The van der Waals surface area contributed by atoms with Gasteiger partial charge in [0.25, 0.3) is 0 Å². The van der Waals surface area contributed by atoms with Gasteiger partial charge in [-0.2, -0.15) is 0 Å². The highest BCUT2D eigenvalue weighted by molar-refractivity contribution is 14.0. The van der Waals surface area contributed by atoms with Crippen molar-refractivity contribution in [1.82, 2.24) is 20.2 Å². The highest BCUT2D eigenvalue weighted by Gasteiger charge is 2.11. The third kappa shape index (κ3) is 6.40. The maximum atomic E-state index is 11.4. The van der Waals surface area contributed by atoms with Crippen LogP contribution in [0.2, 0.25) is 0 Å². The van der Waals surface area contributed by atoms with Gasteiger partial charge in [-0.05, 0) is 44.5 Å². The molecule has 4 N–H and O–H groups in total. The number of benzene rings is 1. The van der Waals surface area contributed by atoms with Gasteiger partial charge in [0.05, 0.1) is 17.6 Å². The highest BCUT2D eigenvalue weighted by atomic mass is 127. The molecule has 30 heavy (non-hydrogen) atoms. The molecule has 0 atom stereocenters. The molecule has 164 valence electrons. The number of imidazole rings is 1. The van der Waals surface area contributed by atoms with Gasteiger partial charge in [0.2, 0.25) is 10.0 Å². The molecule has 0 saturated heterocycles. The summed E-state index contributed by atoms with van der Waals surface area (Å²) in [4.78, 5) is 9.97. The Hall–Kier alpha value is -1.70. The Morgan fingerprint density at radius 3 is 2.70 bits per heavy atom. The van der Waals surface area contributed by atoms with E-state index in [0.717, 1.165) is 59.1 Å². The molecular formula is C19H27IN6O2S2. The number of nitrogens with two attached hydrogens (primary N) is 1. The minimum atomic E-state index is -3.66. The van der Waals surface area contributed by atoms with E-state index in [4.69, 9.17) is 5.14 Å². The van der Waals surface area contributed by atoms with Gasteiger partial charge in [-0.25, -0.2) is 23.5 Å². The number of aliphatic imine (C=N–C) groups is 1. The number of halogens is 1. The number of rotatable bonds is 8. The summed E-state index contributed by atoms with van der Waals surface area (Å²) < 4.78 is 25.2. The van der Waals surface area contributed by atoms with E-state index < -0.39 is 10.0 Å².